The number of aromatic nitrogens is 4. The first kappa shape index (κ1) is 27.6. The molecule has 1 aliphatic rings. The third-order valence-electron chi connectivity index (χ3n) is 6.70. The molecule has 1 aliphatic heterocycles. The number of hydrogen-bond donors (Lipinski definition) is 0. The molecule has 0 unspecified atom stereocenters. The average molecular weight is 590 g/mol. The Morgan fingerprint density at radius 3 is 2.67 bits per heavy atom. The maximum absolute atomic E-state index is 12.4. The van der Waals surface area contributed by atoms with Gasteiger partial charge in [-0.05, 0) is 62.3 Å². The topological polar surface area (TPSA) is 113 Å². The number of rotatable bonds is 7. The van der Waals surface area contributed by atoms with Crippen LogP contribution in [0.1, 0.15) is 38.4 Å². The lowest BCUT2D eigenvalue weighted by molar-refractivity contribution is 0.0270. The maximum Gasteiger partial charge on any atom is 0.410 e. The Balaban J connectivity index is 1.19. The molecule has 0 atom stereocenters. The van der Waals surface area contributed by atoms with Crippen LogP contribution in [0.2, 0.25) is 0 Å². The van der Waals surface area contributed by atoms with Crippen molar-refractivity contribution < 1.29 is 28.2 Å². The van der Waals surface area contributed by atoms with Crippen LogP contribution in [-0.2, 0) is 11.3 Å². The number of amides is 1. The maximum atomic E-state index is 12.4. The monoisotopic (exact) mass is 589 g/mol. The smallest absolute Gasteiger partial charge is 0.410 e. The number of furan rings is 1. The van der Waals surface area contributed by atoms with E-state index in [9.17, 15) is 4.79 Å². The number of hydrogen-bond acceptors (Lipinski definition) is 10. The first-order valence-corrected chi connectivity index (χ1v) is 14.3. The number of carbonyl (C=O) groups is 1. The molecular weight excluding hydrogens is 558 g/mol. The Labute approximate surface area is 246 Å². The molecule has 11 nitrogen and oxygen atoms in total. The number of nitrogens with zero attached hydrogens (tertiary/aromatic N) is 5. The van der Waals surface area contributed by atoms with E-state index < -0.39 is 5.60 Å². The molecule has 42 heavy (non-hydrogen) atoms. The number of pyridine rings is 1. The Kier molecular flexibility index (Phi) is 7.23. The minimum atomic E-state index is -0.525. The second-order valence-corrected chi connectivity index (χ2v) is 11.7. The number of ether oxygens (including phenoxy) is 4. The summed E-state index contributed by atoms with van der Waals surface area (Å²) in [5, 5.41) is 5.78. The van der Waals surface area contributed by atoms with Crippen molar-refractivity contribution in [1.29, 1.82) is 0 Å². The van der Waals surface area contributed by atoms with Gasteiger partial charge in [-0.25, -0.2) is 14.3 Å². The molecule has 12 heteroatoms. The van der Waals surface area contributed by atoms with Crippen LogP contribution in [0.25, 0.3) is 33.0 Å². The van der Waals surface area contributed by atoms with E-state index in [2.05, 4.69) is 15.1 Å². The second-order valence-electron chi connectivity index (χ2n) is 10.8. The highest BCUT2D eigenvalue weighted by Crippen LogP contribution is 2.34. The highest BCUT2D eigenvalue weighted by Gasteiger charge is 2.24. The fraction of sp³-hybridized carbons (Fsp3) is 0.333. The lowest BCUT2D eigenvalue weighted by Crippen LogP contribution is -2.39. The molecule has 6 rings (SSSR count). The predicted molar refractivity (Wildman–Crippen MR) is 158 cm³/mol. The molecule has 0 aliphatic carbocycles. The van der Waals surface area contributed by atoms with Crippen LogP contribution in [0, 0.1) is 0 Å². The van der Waals surface area contributed by atoms with Crippen LogP contribution in [-0.4, -0.2) is 63.5 Å². The van der Waals surface area contributed by atoms with Gasteiger partial charge >= 0.3 is 6.09 Å². The van der Waals surface area contributed by atoms with Crippen molar-refractivity contribution in [1.82, 2.24) is 24.5 Å². The Morgan fingerprint density at radius 2 is 1.95 bits per heavy atom. The number of fused-ring (bicyclic) bond motifs is 2. The summed E-state index contributed by atoms with van der Waals surface area (Å²) in [6.45, 7) is 6.93. The molecule has 0 fully saturated rings. The van der Waals surface area contributed by atoms with Crippen molar-refractivity contribution >= 4 is 38.9 Å². The minimum Gasteiger partial charge on any atom is -0.497 e. The van der Waals surface area contributed by atoms with Crippen molar-refractivity contribution in [2.45, 2.75) is 39.4 Å². The molecule has 218 valence electrons. The highest BCUT2D eigenvalue weighted by atomic mass is 32.1. The van der Waals surface area contributed by atoms with Gasteiger partial charge in [-0.2, -0.15) is 0 Å². The lowest BCUT2D eigenvalue weighted by Gasteiger charge is -2.29. The molecule has 5 heterocycles. The molecule has 1 amide bonds. The van der Waals surface area contributed by atoms with Crippen LogP contribution in [0.3, 0.4) is 0 Å². The van der Waals surface area contributed by atoms with Crippen LogP contribution in [0.4, 0.5) is 4.79 Å². The average Bonchev–Trinajstić information content (AvgIpc) is 3.68. The predicted octanol–water partition coefficient (Wildman–Crippen LogP) is 6.22. The summed E-state index contributed by atoms with van der Waals surface area (Å²) in [5.74, 6) is 1.97. The molecule has 0 N–H and O–H groups in total. The van der Waals surface area contributed by atoms with Crippen molar-refractivity contribution in [2.75, 3.05) is 27.3 Å². The minimum absolute atomic E-state index is 0.290. The summed E-state index contributed by atoms with van der Waals surface area (Å²) in [4.78, 5) is 24.0. The van der Waals surface area contributed by atoms with Crippen LogP contribution >= 0.6 is 11.3 Å². The molecule has 4 aromatic heterocycles. The molecule has 0 saturated carbocycles. The van der Waals surface area contributed by atoms with Gasteiger partial charge in [0.1, 0.15) is 35.0 Å². The van der Waals surface area contributed by atoms with Gasteiger partial charge in [-0.15, -0.1) is 5.10 Å². The van der Waals surface area contributed by atoms with E-state index in [0.29, 0.717) is 64.8 Å². The van der Waals surface area contributed by atoms with Crippen LogP contribution < -0.4 is 14.2 Å². The quantitative estimate of drug-likeness (QED) is 0.218. The van der Waals surface area contributed by atoms with Gasteiger partial charge in [0.2, 0.25) is 4.96 Å². The van der Waals surface area contributed by atoms with Gasteiger partial charge in [0.15, 0.2) is 5.76 Å². The van der Waals surface area contributed by atoms with E-state index in [1.807, 2.05) is 63.4 Å². The summed E-state index contributed by atoms with van der Waals surface area (Å²) >= 11 is 1.35. The molecule has 5 aromatic rings. The van der Waals surface area contributed by atoms with Crippen molar-refractivity contribution in [2.24, 2.45) is 0 Å². The molecule has 0 radical (unpaired) electrons. The summed E-state index contributed by atoms with van der Waals surface area (Å²) < 4.78 is 30.3. The van der Waals surface area contributed by atoms with Gasteiger partial charge in [-0.3, -0.25) is 4.98 Å². The number of carbonyl (C=O) groups excluding carboxylic acids is 1. The Bertz CT molecular complexity index is 1770. The van der Waals surface area contributed by atoms with E-state index in [0.717, 1.165) is 22.2 Å². The van der Waals surface area contributed by atoms with Crippen molar-refractivity contribution in [3.05, 3.63) is 60.1 Å². The van der Waals surface area contributed by atoms with Crippen LogP contribution in [0.15, 0.2) is 53.2 Å². The zero-order chi connectivity index (χ0) is 29.4. The van der Waals surface area contributed by atoms with E-state index in [-0.39, 0.29) is 6.09 Å². The summed E-state index contributed by atoms with van der Waals surface area (Å²) in [7, 11) is 3.20. The highest BCUT2D eigenvalue weighted by molar-refractivity contribution is 7.18. The standard InChI is InChI=1S/C30H31N5O6S/c1-30(2,3)41-29(36)34-10-7-18(8-11-34)23-13-20(6-9-31-23)39-17-19-12-21(37-4)14-25-22(19)15-26(40-25)24-16-35-27(32-24)42-28(33-35)38-5/h6-7,9,12-16H,8,10-11,17H2,1-5H3. The normalized spacial score (nSPS) is 13.8. The van der Waals surface area contributed by atoms with Gasteiger partial charge in [-0.1, -0.05) is 6.08 Å². The lowest BCUT2D eigenvalue weighted by atomic mass is 10.0. The number of benzene rings is 1. The molecule has 0 saturated heterocycles. The largest absolute Gasteiger partial charge is 0.497 e. The zero-order valence-corrected chi connectivity index (χ0v) is 24.9. The van der Waals surface area contributed by atoms with Gasteiger partial charge in [0.25, 0.3) is 5.19 Å². The van der Waals surface area contributed by atoms with E-state index >= 15 is 0 Å². The summed E-state index contributed by atoms with van der Waals surface area (Å²) in [6.07, 6.45) is 5.93. The fourth-order valence-corrected chi connectivity index (χ4v) is 5.36. The van der Waals surface area contributed by atoms with E-state index in [4.69, 9.17) is 23.4 Å². The fourth-order valence-electron chi connectivity index (χ4n) is 4.66. The van der Waals surface area contributed by atoms with Crippen LogP contribution in [0.5, 0.6) is 16.7 Å². The first-order chi connectivity index (χ1) is 20.2. The number of methoxy groups -OCH3 is 2. The van der Waals surface area contributed by atoms with Gasteiger partial charge in [0.05, 0.1) is 26.1 Å². The van der Waals surface area contributed by atoms with Crippen molar-refractivity contribution in [3.63, 3.8) is 0 Å². The summed E-state index contributed by atoms with van der Waals surface area (Å²) in [6, 6.07) is 9.50. The van der Waals surface area contributed by atoms with E-state index in [1.165, 1.54) is 11.3 Å². The van der Waals surface area contributed by atoms with Gasteiger partial charge in [0, 0.05) is 42.4 Å². The zero-order valence-electron chi connectivity index (χ0n) is 24.0. The van der Waals surface area contributed by atoms with Crippen molar-refractivity contribution in [3.8, 4) is 28.1 Å². The third kappa shape index (κ3) is 5.75. The molecule has 0 spiro atoms. The molecule has 0 bridgehead atoms. The Hall–Kier alpha value is -4.58. The van der Waals surface area contributed by atoms with E-state index in [1.54, 1.807) is 29.8 Å². The molecule has 1 aromatic carbocycles. The second kappa shape index (κ2) is 11.0. The summed E-state index contributed by atoms with van der Waals surface area (Å²) in [5.41, 5.74) is 3.61. The Morgan fingerprint density at radius 1 is 1.10 bits per heavy atom. The first-order valence-electron chi connectivity index (χ1n) is 13.5. The molecular formula is C30H31N5O6S. The number of imidazole rings is 1. The third-order valence-corrected chi connectivity index (χ3v) is 7.58. The SMILES string of the molecule is COc1cc(COc2ccnc(C3=CCN(C(=O)OC(C)(C)C)CC3)c2)c2cc(-c3cn4nc(OC)sc4n3)oc2c1. The van der Waals surface area contributed by atoms with Gasteiger partial charge < -0.3 is 28.3 Å².